The molecule has 1 saturated heterocycles. The summed E-state index contributed by atoms with van der Waals surface area (Å²) in [6.07, 6.45) is -0.839. The van der Waals surface area contributed by atoms with Gasteiger partial charge in [-0.15, -0.1) is 0 Å². The quantitative estimate of drug-likeness (QED) is 0.479. The van der Waals surface area contributed by atoms with Gasteiger partial charge in [0.25, 0.3) is 5.91 Å². The molecule has 0 aliphatic carbocycles. The Kier molecular flexibility index (Phi) is 3.96. The molecule has 0 aromatic carbocycles. The number of aromatic nitrogens is 2. The predicted octanol–water partition coefficient (Wildman–Crippen LogP) is -1.63. The van der Waals surface area contributed by atoms with Gasteiger partial charge < -0.3 is 30.1 Å². The highest BCUT2D eigenvalue weighted by Crippen LogP contribution is 2.40. The van der Waals surface area contributed by atoms with Gasteiger partial charge in [0.1, 0.15) is 5.82 Å². The highest BCUT2D eigenvalue weighted by Gasteiger charge is 2.45. The summed E-state index contributed by atoms with van der Waals surface area (Å²) in [5.41, 5.74) is 4.54. The number of nitrogens with zero attached hydrogens (tertiary/aromatic N) is 2. The van der Waals surface area contributed by atoms with Gasteiger partial charge in [-0.25, -0.2) is 9.36 Å². The number of aliphatic hydroxyl groups excluding tert-OH is 1. The van der Waals surface area contributed by atoms with E-state index in [-0.39, 0.29) is 18.8 Å². The maximum atomic E-state index is 11.8. The standard InChI is InChI=1S/C9H14N3O7P/c10-7-1-2-12(8(14)11-7)9(3-6(13)4-18-9)19-5-20(15,16)17/h1-2,6,13H,3-5H2,(H2,10,11,14)(H2,15,16,17)/t6-,9-/m0/s1. The number of aliphatic hydroxyl groups is 1. The monoisotopic (exact) mass is 307 g/mol. The normalized spacial score (nSPS) is 26.9. The summed E-state index contributed by atoms with van der Waals surface area (Å²) in [6, 6.07) is 1.30. The molecule has 0 amide bonds. The summed E-state index contributed by atoms with van der Waals surface area (Å²) in [5, 5.41) is 9.54. The Morgan fingerprint density at radius 2 is 2.35 bits per heavy atom. The van der Waals surface area contributed by atoms with Crippen LogP contribution in [0.2, 0.25) is 0 Å². The topological polar surface area (TPSA) is 157 Å². The second-order valence-corrected chi connectivity index (χ2v) is 5.91. The van der Waals surface area contributed by atoms with Gasteiger partial charge in [-0.05, 0) is 6.07 Å². The van der Waals surface area contributed by atoms with Crippen LogP contribution in [0.15, 0.2) is 17.1 Å². The summed E-state index contributed by atoms with van der Waals surface area (Å²) in [6.45, 7) is -0.141. The molecular formula is C9H14N3O7P. The second kappa shape index (κ2) is 5.24. The van der Waals surface area contributed by atoms with Crippen LogP contribution in [0.25, 0.3) is 0 Å². The lowest BCUT2D eigenvalue weighted by Gasteiger charge is -2.29. The predicted molar refractivity (Wildman–Crippen MR) is 65.5 cm³/mol. The van der Waals surface area contributed by atoms with E-state index in [1.165, 1.54) is 12.3 Å². The van der Waals surface area contributed by atoms with E-state index in [2.05, 4.69) is 4.98 Å². The van der Waals surface area contributed by atoms with Crippen LogP contribution in [0.1, 0.15) is 6.42 Å². The average molecular weight is 307 g/mol. The number of hydrogen-bond donors (Lipinski definition) is 4. The van der Waals surface area contributed by atoms with Gasteiger partial charge in [0.2, 0.25) is 0 Å². The van der Waals surface area contributed by atoms with E-state index >= 15 is 0 Å². The molecule has 1 aromatic heterocycles. The summed E-state index contributed by atoms with van der Waals surface area (Å²) >= 11 is 0. The summed E-state index contributed by atoms with van der Waals surface area (Å²) in [4.78, 5) is 33.0. The van der Waals surface area contributed by atoms with Crippen molar-refractivity contribution in [1.29, 1.82) is 0 Å². The number of anilines is 1. The van der Waals surface area contributed by atoms with E-state index in [1.807, 2.05) is 0 Å². The molecule has 2 heterocycles. The lowest BCUT2D eigenvalue weighted by Crippen LogP contribution is -2.44. The lowest BCUT2D eigenvalue weighted by atomic mass is 10.2. The molecule has 1 aromatic rings. The molecule has 2 atom stereocenters. The molecular weight excluding hydrogens is 293 g/mol. The Labute approximate surface area is 112 Å². The Balaban J connectivity index is 2.37. The van der Waals surface area contributed by atoms with Crippen molar-refractivity contribution in [2.75, 3.05) is 18.7 Å². The summed E-state index contributed by atoms with van der Waals surface area (Å²) in [7, 11) is -4.47. The van der Waals surface area contributed by atoms with E-state index < -0.39 is 31.6 Å². The average Bonchev–Trinajstić information content (AvgIpc) is 2.69. The maximum absolute atomic E-state index is 11.8. The van der Waals surface area contributed by atoms with E-state index in [1.54, 1.807) is 0 Å². The van der Waals surface area contributed by atoms with Crippen LogP contribution in [-0.4, -0.2) is 43.5 Å². The van der Waals surface area contributed by atoms with Crippen molar-refractivity contribution in [3.8, 4) is 0 Å². The van der Waals surface area contributed by atoms with Crippen molar-refractivity contribution in [3.63, 3.8) is 0 Å². The molecule has 10 nitrogen and oxygen atoms in total. The molecule has 0 spiro atoms. The minimum Gasteiger partial charge on any atom is -0.390 e. The molecule has 1 aliphatic rings. The fourth-order valence-corrected chi connectivity index (χ4v) is 2.21. The molecule has 5 N–H and O–H groups in total. The zero-order valence-electron chi connectivity index (χ0n) is 10.2. The van der Waals surface area contributed by atoms with Crippen LogP contribution < -0.4 is 11.4 Å². The van der Waals surface area contributed by atoms with Gasteiger partial charge in [0.05, 0.1) is 19.1 Å². The van der Waals surface area contributed by atoms with E-state index in [0.29, 0.717) is 0 Å². The zero-order chi connectivity index (χ0) is 15.0. The van der Waals surface area contributed by atoms with E-state index in [4.69, 9.17) is 25.0 Å². The van der Waals surface area contributed by atoms with Gasteiger partial charge in [0.15, 0.2) is 6.35 Å². The largest absolute Gasteiger partial charge is 0.390 e. The van der Waals surface area contributed by atoms with Crippen LogP contribution in [0.3, 0.4) is 0 Å². The van der Waals surface area contributed by atoms with Crippen LogP contribution in [0.5, 0.6) is 0 Å². The van der Waals surface area contributed by atoms with Crippen LogP contribution >= 0.6 is 7.60 Å². The number of hydrogen-bond acceptors (Lipinski definition) is 7. The Hall–Kier alpha value is -1.29. The van der Waals surface area contributed by atoms with Crippen LogP contribution in [-0.2, 0) is 19.9 Å². The zero-order valence-corrected chi connectivity index (χ0v) is 11.1. The third-order valence-corrected chi connectivity index (χ3v) is 3.11. The Morgan fingerprint density at radius 3 is 2.85 bits per heavy atom. The second-order valence-electron chi connectivity index (χ2n) is 4.32. The van der Waals surface area contributed by atoms with Gasteiger partial charge in [-0.2, -0.15) is 4.98 Å². The Bertz CT molecular complexity index is 599. The first-order valence-electron chi connectivity index (χ1n) is 5.58. The first kappa shape index (κ1) is 15.1. The maximum Gasteiger partial charge on any atom is 0.353 e. The highest BCUT2D eigenvalue weighted by atomic mass is 31.2. The molecule has 2 rings (SSSR count). The number of nitrogen functional groups attached to an aromatic ring is 1. The highest BCUT2D eigenvalue weighted by molar-refractivity contribution is 7.51. The molecule has 1 fully saturated rings. The molecule has 0 radical (unpaired) electrons. The molecule has 20 heavy (non-hydrogen) atoms. The van der Waals surface area contributed by atoms with Gasteiger partial charge in [-0.1, -0.05) is 0 Å². The summed E-state index contributed by atoms with van der Waals surface area (Å²) in [5.74, 6) is -1.83. The minimum atomic E-state index is -4.47. The molecule has 1 aliphatic heterocycles. The molecule has 0 bridgehead atoms. The van der Waals surface area contributed by atoms with E-state index in [9.17, 15) is 14.5 Å². The molecule has 0 unspecified atom stereocenters. The third-order valence-electron chi connectivity index (χ3n) is 2.65. The number of ether oxygens (including phenoxy) is 2. The van der Waals surface area contributed by atoms with Crippen molar-refractivity contribution in [2.24, 2.45) is 0 Å². The molecule has 0 saturated carbocycles. The van der Waals surface area contributed by atoms with Crippen LogP contribution in [0.4, 0.5) is 5.82 Å². The summed E-state index contributed by atoms with van der Waals surface area (Å²) < 4.78 is 22.1. The molecule has 112 valence electrons. The van der Waals surface area contributed by atoms with Gasteiger partial charge in [-0.3, -0.25) is 4.57 Å². The fourth-order valence-electron chi connectivity index (χ4n) is 1.84. The number of nitrogens with two attached hydrogens (primary N) is 1. The number of rotatable bonds is 4. The van der Waals surface area contributed by atoms with Crippen LogP contribution in [0, 0.1) is 0 Å². The lowest BCUT2D eigenvalue weighted by molar-refractivity contribution is -0.263. The third kappa shape index (κ3) is 3.23. The first-order valence-corrected chi connectivity index (χ1v) is 7.38. The first-order chi connectivity index (χ1) is 9.22. The SMILES string of the molecule is Nc1ccn([C@@]2(OCP(=O)(O)O)C[C@H](O)CO2)c(=O)n1. The molecule has 11 heteroatoms. The Morgan fingerprint density at radius 1 is 1.65 bits per heavy atom. The fraction of sp³-hybridized carbons (Fsp3) is 0.556. The van der Waals surface area contributed by atoms with Crippen molar-refractivity contribution in [1.82, 2.24) is 9.55 Å². The van der Waals surface area contributed by atoms with Crippen molar-refractivity contribution in [3.05, 3.63) is 22.7 Å². The van der Waals surface area contributed by atoms with Crippen molar-refractivity contribution in [2.45, 2.75) is 18.4 Å². The van der Waals surface area contributed by atoms with Gasteiger partial charge in [0, 0.05) is 6.20 Å². The van der Waals surface area contributed by atoms with E-state index in [0.717, 1.165) is 4.57 Å². The smallest absolute Gasteiger partial charge is 0.353 e. The van der Waals surface area contributed by atoms with Gasteiger partial charge >= 0.3 is 13.3 Å². The van der Waals surface area contributed by atoms with Crippen molar-refractivity contribution < 1.29 is 28.9 Å². The van der Waals surface area contributed by atoms with Crippen molar-refractivity contribution >= 4 is 13.4 Å². The minimum absolute atomic E-state index is 0.0186.